The smallest absolute Gasteiger partial charge is 0.231 e. The molecule has 0 aromatic heterocycles. The van der Waals surface area contributed by atoms with Gasteiger partial charge in [0.2, 0.25) is 5.91 Å². The maximum atomic E-state index is 12.6. The Morgan fingerprint density at radius 3 is 2.76 bits per heavy atom. The highest BCUT2D eigenvalue weighted by molar-refractivity contribution is 5.83. The molecule has 0 bridgehead atoms. The van der Waals surface area contributed by atoms with Crippen molar-refractivity contribution in [3.8, 4) is 0 Å². The van der Waals surface area contributed by atoms with E-state index in [9.17, 15) is 4.79 Å². The SMILES string of the molecule is [N-]=[N+]=NC1CC[C@@H]2[C@H]3CCCN4CCCC(CN2C1=O)[C@@H]34. The van der Waals surface area contributed by atoms with Gasteiger partial charge >= 0.3 is 0 Å². The van der Waals surface area contributed by atoms with E-state index >= 15 is 0 Å². The Bertz CT molecular complexity index is 486. The van der Waals surface area contributed by atoms with Gasteiger partial charge in [-0.3, -0.25) is 9.69 Å². The molecule has 0 aliphatic carbocycles. The molecular weight excluding hydrogens is 266 g/mol. The number of hydrogen-bond donors (Lipinski definition) is 0. The van der Waals surface area contributed by atoms with Crippen LogP contribution in [-0.4, -0.2) is 53.5 Å². The van der Waals surface area contributed by atoms with Gasteiger partial charge in [-0.2, -0.15) is 0 Å². The number of carbonyl (C=O) groups excluding carboxylic acids is 1. The van der Waals surface area contributed by atoms with Gasteiger partial charge in [-0.25, -0.2) is 0 Å². The van der Waals surface area contributed by atoms with E-state index in [0.717, 1.165) is 19.4 Å². The summed E-state index contributed by atoms with van der Waals surface area (Å²) in [6, 6.07) is 0.647. The van der Waals surface area contributed by atoms with Gasteiger partial charge in [-0.15, -0.1) is 0 Å². The van der Waals surface area contributed by atoms with Gasteiger partial charge in [0, 0.05) is 23.5 Å². The molecule has 21 heavy (non-hydrogen) atoms. The van der Waals surface area contributed by atoms with Crippen molar-refractivity contribution in [2.24, 2.45) is 17.0 Å². The van der Waals surface area contributed by atoms with E-state index < -0.39 is 6.04 Å². The van der Waals surface area contributed by atoms with Crippen LogP contribution in [0.2, 0.25) is 0 Å². The second kappa shape index (κ2) is 5.18. The second-order valence-electron chi connectivity index (χ2n) is 7.09. The standard InChI is InChI=1S/C15H23N5O/c16-18-17-12-5-6-13-11-4-2-8-19-7-1-3-10(14(11)19)9-20(13)15(12)21/h10-14H,1-9H2/t10?,11-,12?,13-,14+/m1/s1. The largest absolute Gasteiger partial charge is 0.339 e. The number of fused-ring (bicyclic) bond motifs is 2. The van der Waals surface area contributed by atoms with Crippen LogP contribution in [0.4, 0.5) is 0 Å². The maximum Gasteiger partial charge on any atom is 0.231 e. The molecule has 0 radical (unpaired) electrons. The molecule has 4 fully saturated rings. The number of hydrogen-bond acceptors (Lipinski definition) is 3. The molecule has 0 saturated carbocycles. The number of azide groups is 1. The molecule has 0 spiro atoms. The fourth-order valence-electron chi connectivity index (χ4n) is 5.43. The molecule has 5 atom stereocenters. The normalized spacial score (nSPS) is 42.8. The average molecular weight is 289 g/mol. The zero-order valence-corrected chi connectivity index (χ0v) is 12.4. The Kier molecular flexibility index (Phi) is 3.31. The van der Waals surface area contributed by atoms with E-state index in [1.165, 1.54) is 38.8 Å². The molecule has 1 amide bonds. The molecule has 114 valence electrons. The lowest BCUT2D eigenvalue weighted by atomic mass is 9.68. The predicted molar refractivity (Wildman–Crippen MR) is 78.5 cm³/mol. The summed E-state index contributed by atoms with van der Waals surface area (Å²) < 4.78 is 0. The van der Waals surface area contributed by atoms with E-state index in [1.54, 1.807) is 0 Å². The lowest BCUT2D eigenvalue weighted by Gasteiger charge is -2.59. The molecule has 4 aliphatic heterocycles. The third kappa shape index (κ3) is 2.04. The number of amides is 1. The molecule has 4 heterocycles. The van der Waals surface area contributed by atoms with Crippen LogP contribution in [0.3, 0.4) is 0 Å². The van der Waals surface area contributed by atoms with Crippen LogP contribution in [0.1, 0.15) is 38.5 Å². The minimum Gasteiger partial charge on any atom is -0.339 e. The maximum absolute atomic E-state index is 12.6. The van der Waals surface area contributed by atoms with Gasteiger partial charge in [-0.1, -0.05) is 5.11 Å². The van der Waals surface area contributed by atoms with E-state index in [1.807, 2.05) is 0 Å². The van der Waals surface area contributed by atoms with Gasteiger partial charge in [0.1, 0.15) is 6.04 Å². The fraction of sp³-hybridized carbons (Fsp3) is 0.933. The topological polar surface area (TPSA) is 72.3 Å². The summed E-state index contributed by atoms with van der Waals surface area (Å²) in [4.78, 5) is 20.3. The number of carbonyl (C=O) groups is 1. The predicted octanol–water partition coefficient (Wildman–Crippen LogP) is 2.16. The van der Waals surface area contributed by atoms with Gasteiger partial charge < -0.3 is 4.90 Å². The first-order valence-corrected chi connectivity index (χ1v) is 8.38. The summed E-state index contributed by atoms with van der Waals surface area (Å²) in [5, 5.41) is 3.72. The molecule has 0 N–H and O–H groups in total. The van der Waals surface area contributed by atoms with Crippen molar-refractivity contribution in [1.29, 1.82) is 0 Å². The van der Waals surface area contributed by atoms with Crippen molar-refractivity contribution in [2.45, 2.75) is 56.7 Å². The lowest BCUT2D eigenvalue weighted by molar-refractivity contribution is -0.152. The van der Waals surface area contributed by atoms with E-state index in [4.69, 9.17) is 5.53 Å². The van der Waals surface area contributed by atoms with Crippen molar-refractivity contribution in [3.63, 3.8) is 0 Å². The van der Waals surface area contributed by atoms with Crippen LogP contribution < -0.4 is 0 Å². The Morgan fingerprint density at radius 2 is 1.95 bits per heavy atom. The van der Waals surface area contributed by atoms with Gasteiger partial charge in [-0.05, 0) is 69.0 Å². The number of rotatable bonds is 1. The van der Waals surface area contributed by atoms with Crippen molar-refractivity contribution < 1.29 is 4.79 Å². The average Bonchev–Trinajstić information content (AvgIpc) is 2.51. The third-order valence-corrected chi connectivity index (χ3v) is 6.17. The van der Waals surface area contributed by atoms with Gasteiger partial charge in [0.25, 0.3) is 0 Å². The van der Waals surface area contributed by atoms with Crippen LogP contribution in [-0.2, 0) is 4.79 Å². The molecular formula is C15H23N5O. The van der Waals surface area contributed by atoms with Crippen molar-refractivity contribution >= 4 is 5.91 Å². The third-order valence-electron chi connectivity index (χ3n) is 6.17. The van der Waals surface area contributed by atoms with Crippen LogP contribution in [0.25, 0.3) is 10.4 Å². The second-order valence-corrected chi connectivity index (χ2v) is 7.09. The molecule has 0 aromatic carbocycles. The Morgan fingerprint density at radius 1 is 1.14 bits per heavy atom. The first-order chi connectivity index (χ1) is 10.3. The molecule has 4 aliphatic rings. The minimum absolute atomic E-state index is 0.0881. The summed E-state index contributed by atoms with van der Waals surface area (Å²) in [7, 11) is 0. The Hall–Kier alpha value is -1.26. The first-order valence-electron chi connectivity index (χ1n) is 8.38. The minimum atomic E-state index is -0.453. The quantitative estimate of drug-likeness (QED) is 0.421. The lowest BCUT2D eigenvalue weighted by Crippen LogP contribution is -2.67. The van der Waals surface area contributed by atoms with E-state index in [2.05, 4.69) is 19.8 Å². The van der Waals surface area contributed by atoms with Gasteiger partial charge in [0.15, 0.2) is 0 Å². The molecule has 2 unspecified atom stereocenters. The number of piperidine rings is 4. The van der Waals surface area contributed by atoms with Crippen LogP contribution >= 0.6 is 0 Å². The summed E-state index contributed by atoms with van der Waals surface area (Å²) in [6.45, 7) is 3.39. The summed E-state index contributed by atoms with van der Waals surface area (Å²) in [6.07, 6.45) is 6.79. The monoisotopic (exact) mass is 289 g/mol. The van der Waals surface area contributed by atoms with Crippen LogP contribution in [0.5, 0.6) is 0 Å². The van der Waals surface area contributed by atoms with E-state index in [0.29, 0.717) is 23.9 Å². The highest BCUT2D eigenvalue weighted by atomic mass is 16.2. The molecule has 6 heteroatoms. The Labute approximate surface area is 125 Å². The molecule has 6 nitrogen and oxygen atoms in total. The fourth-order valence-corrected chi connectivity index (χ4v) is 5.43. The molecule has 4 rings (SSSR count). The zero-order chi connectivity index (χ0) is 14.4. The van der Waals surface area contributed by atoms with Crippen LogP contribution in [0, 0.1) is 11.8 Å². The summed E-state index contributed by atoms with van der Waals surface area (Å²) >= 11 is 0. The van der Waals surface area contributed by atoms with Crippen LogP contribution in [0.15, 0.2) is 5.11 Å². The first kappa shape index (κ1) is 13.4. The van der Waals surface area contributed by atoms with Crippen molar-refractivity contribution in [1.82, 2.24) is 9.80 Å². The molecule has 4 saturated heterocycles. The highest BCUT2D eigenvalue weighted by Gasteiger charge is 2.51. The van der Waals surface area contributed by atoms with E-state index in [-0.39, 0.29) is 5.91 Å². The highest BCUT2D eigenvalue weighted by Crippen LogP contribution is 2.44. The van der Waals surface area contributed by atoms with Crippen molar-refractivity contribution in [2.75, 3.05) is 19.6 Å². The van der Waals surface area contributed by atoms with Crippen molar-refractivity contribution in [3.05, 3.63) is 10.4 Å². The van der Waals surface area contributed by atoms with Gasteiger partial charge in [0.05, 0.1) is 0 Å². The molecule has 0 aromatic rings. The summed E-state index contributed by atoms with van der Waals surface area (Å²) in [5.74, 6) is 1.37. The zero-order valence-electron chi connectivity index (χ0n) is 12.4. The Balaban J connectivity index is 1.62. The summed E-state index contributed by atoms with van der Waals surface area (Å²) in [5.41, 5.74) is 8.64. The number of nitrogens with zero attached hydrogens (tertiary/aromatic N) is 5.